The highest BCUT2D eigenvalue weighted by Gasteiger charge is 2.29. The summed E-state index contributed by atoms with van der Waals surface area (Å²) in [6, 6.07) is 4.57. The van der Waals surface area contributed by atoms with Crippen molar-refractivity contribution < 1.29 is 13.7 Å². The molecular weight excluding hydrogens is 417 g/mol. The van der Waals surface area contributed by atoms with Crippen LogP contribution in [-0.4, -0.2) is 34.1 Å². The number of carbonyl (C=O) groups excluding carboxylic acids is 1. The lowest BCUT2D eigenvalue weighted by atomic mass is 9.96. The second-order valence-corrected chi connectivity index (χ2v) is 7.46. The number of aromatic nitrogens is 3. The van der Waals surface area contributed by atoms with Crippen molar-refractivity contribution in [2.45, 2.75) is 19.8 Å². The molecule has 0 bridgehead atoms. The van der Waals surface area contributed by atoms with Crippen molar-refractivity contribution in [3.8, 4) is 0 Å². The zero-order valence-electron chi connectivity index (χ0n) is 14.6. The summed E-state index contributed by atoms with van der Waals surface area (Å²) in [6.07, 6.45) is 3.00. The molecule has 0 spiro atoms. The third-order valence-electron chi connectivity index (χ3n) is 4.70. The van der Waals surface area contributed by atoms with Crippen LogP contribution in [-0.2, 0) is 4.79 Å². The Bertz CT molecular complexity index is 1010. The quantitative estimate of drug-likeness (QED) is 0.677. The number of nitrogens with zero attached hydrogens (tertiary/aromatic N) is 4. The van der Waals surface area contributed by atoms with E-state index < -0.39 is 5.82 Å². The first kappa shape index (κ1) is 17.8. The highest BCUT2D eigenvalue weighted by atomic mass is 79.9. The van der Waals surface area contributed by atoms with Crippen LogP contribution in [0.1, 0.15) is 18.5 Å². The van der Waals surface area contributed by atoms with E-state index in [2.05, 4.69) is 36.4 Å². The van der Waals surface area contributed by atoms with E-state index in [4.69, 9.17) is 4.52 Å². The second kappa shape index (κ2) is 7.22. The van der Waals surface area contributed by atoms with Gasteiger partial charge >= 0.3 is 0 Å². The third-order valence-corrected chi connectivity index (χ3v) is 5.20. The molecule has 1 aliphatic heterocycles. The summed E-state index contributed by atoms with van der Waals surface area (Å²) in [5.41, 5.74) is 1.32. The lowest BCUT2D eigenvalue weighted by Gasteiger charge is -2.33. The fourth-order valence-corrected chi connectivity index (χ4v) is 3.69. The lowest BCUT2D eigenvalue weighted by Crippen LogP contribution is -2.41. The number of piperidine rings is 1. The summed E-state index contributed by atoms with van der Waals surface area (Å²) in [4.78, 5) is 23.2. The Morgan fingerprint density at radius 3 is 3.07 bits per heavy atom. The molecule has 0 saturated carbocycles. The molecule has 1 N–H and O–H groups in total. The predicted octanol–water partition coefficient (Wildman–Crippen LogP) is 3.68. The SMILES string of the molecule is Cc1noc2ncnc(N3CCC[C@@H](C(=O)Nc4ccc(Br)cc4F)C3)c12. The third kappa shape index (κ3) is 3.51. The number of aryl methyl sites for hydroxylation is 1. The molecule has 140 valence electrons. The number of hydrogen-bond acceptors (Lipinski definition) is 6. The molecule has 1 atom stereocenters. The summed E-state index contributed by atoms with van der Waals surface area (Å²) in [5, 5.41) is 7.41. The number of benzene rings is 1. The molecule has 7 nitrogen and oxygen atoms in total. The van der Waals surface area contributed by atoms with Gasteiger partial charge in [0.1, 0.15) is 23.3 Å². The molecule has 0 aliphatic carbocycles. The molecule has 0 radical (unpaired) electrons. The van der Waals surface area contributed by atoms with E-state index in [0.717, 1.165) is 24.8 Å². The molecule has 1 aliphatic rings. The van der Waals surface area contributed by atoms with Crippen LogP contribution in [0.4, 0.5) is 15.9 Å². The van der Waals surface area contributed by atoms with Gasteiger partial charge in [-0.2, -0.15) is 4.98 Å². The van der Waals surface area contributed by atoms with Gasteiger partial charge in [0.15, 0.2) is 0 Å². The van der Waals surface area contributed by atoms with Crippen molar-refractivity contribution in [1.29, 1.82) is 0 Å². The van der Waals surface area contributed by atoms with Crippen molar-refractivity contribution in [1.82, 2.24) is 15.1 Å². The Morgan fingerprint density at radius 2 is 2.26 bits per heavy atom. The average molecular weight is 434 g/mol. The van der Waals surface area contributed by atoms with Gasteiger partial charge in [-0.3, -0.25) is 4.79 Å². The number of hydrogen-bond donors (Lipinski definition) is 1. The van der Waals surface area contributed by atoms with E-state index in [1.165, 1.54) is 12.4 Å². The molecule has 2 aromatic heterocycles. The molecule has 27 heavy (non-hydrogen) atoms. The molecule has 1 fully saturated rings. The number of halogens is 2. The summed E-state index contributed by atoms with van der Waals surface area (Å²) >= 11 is 3.21. The number of anilines is 2. The van der Waals surface area contributed by atoms with Gasteiger partial charge in [-0.15, -0.1) is 0 Å². The smallest absolute Gasteiger partial charge is 0.263 e. The van der Waals surface area contributed by atoms with Crippen LogP contribution in [0, 0.1) is 18.7 Å². The van der Waals surface area contributed by atoms with Crippen molar-refractivity contribution in [2.75, 3.05) is 23.3 Å². The van der Waals surface area contributed by atoms with Crippen molar-refractivity contribution in [3.05, 3.63) is 40.5 Å². The first-order chi connectivity index (χ1) is 13.0. The summed E-state index contributed by atoms with van der Waals surface area (Å²) in [6.45, 7) is 3.09. The molecule has 3 aromatic rings. The number of carbonyl (C=O) groups is 1. The summed E-state index contributed by atoms with van der Waals surface area (Å²) < 4.78 is 19.8. The van der Waals surface area contributed by atoms with Crippen LogP contribution >= 0.6 is 15.9 Å². The van der Waals surface area contributed by atoms with E-state index >= 15 is 0 Å². The first-order valence-corrected chi connectivity index (χ1v) is 9.40. The molecule has 1 saturated heterocycles. The van der Waals surface area contributed by atoms with Crippen molar-refractivity contribution in [2.24, 2.45) is 5.92 Å². The zero-order chi connectivity index (χ0) is 19.0. The van der Waals surface area contributed by atoms with Crippen LogP contribution in [0.2, 0.25) is 0 Å². The van der Waals surface area contributed by atoms with Gasteiger partial charge in [0.2, 0.25) is 5.91 Å². The maximum atomic E-state index is 14.0. The van der Waals surface area contributed by atoms with E-state index in [-0.39, 0.29) is 17.5 Å². The van der Waals surface area contributed by atoms with E-state index in [1.807, 2.05) is 11.8 Å². The normalized spacial score (nSPS) is 17.3. The zero-order valence-corrected chi connectivity index (χ0v) is 16.2. The van der Waals surface area contributed by atoms with Crippen LogP contribution in [0.3, 0.4) is 0 Å². The minimum Gasteiger partial charge on any atom is -0.355 e. The van der Waals surface area contributed by atoms with Gasteiger partial charge in [-0.25, -0.2) is 9.37 Å². The van der Waals surface area contributed by atoms with Gasteiger partial charge in [-0.05, 0) is 38.0 Å². The molecule has 9 heteroatoms. The minimum absolute atomic E-state index is 0.180. The second-order valence-electron chi connectivity index (χ2n) is 6.54. The van der Waals surface area contributed by atoms with Gasteiger partial charge in [0, 0.05) is 17.6 Å². The van der Waals surface area contributed by atoms with Crippen molar-refractivity contribution >= 4 is 44.4 Å². The summed E-state index contributed by atoms with van der Waals surface area (Å²) in [7, 11) is 0. The maximum Gasteiger partial charge on any atom is 0.263 e. The Hall–Kier alpha value is -2.55. The number of fused-ring (bicyclic) bond motifs is 1. The topological polar surface area (TPSA) is 84.2 Å². The molecule has 1 amide bonds. The Morgan fingerprint density at radius 1 is 1.41 bits per heavy atom. The van der Waals surface area contributed by atoms with E-state index in [1.54, 1.807) is 12.1 Å². The number of nitrogens with one attached hydrogen (secondary N) is 1. The maximum absolute atomic E-state index is 14.0. The molecule has 3 heterocycles. The number of rotatable bonds is 3. The van der Waals surface area contributed by atoms with Gasteiger partial charge < -0.3 is 14.7 Å². The molecule has 4 rings (SSSR count). The van der Waals surface area contributed by atoms with Crippen LogP contribution in [0.5, 0.6) is 0 Å². The van der Waals surface area contributed by atoms with E-state index in [0.29, 0.717) is 28.2 Å². The molecular formula is C18H17BrFN5O2. The van der Waals surface area contributed by atoms with Gasteiger partial charge in [-0.1, -0.05) is 21.1 Å². The lowest BCUT2D eigenvalue weighted by molar-refractivity contribution is -0.120. The molecule has 0 unspecified atom stereocenters. The van der Waals surface area contributed by atoms with Gasteiger partial charge in [0.25, 0.3) is 5.71 Å². The highest BCUT2D eigenvalue weighted by Crippen LogP contribution is 2.30. The fraction of sp³-hybridized carbons (Fsp3) is 0.333. The summed E-state index contributed by atoms with van der Waals surface area (Å²) in [5.74, 6) is -0.227. The standard InChI is InChI=1S/C18H17BrFN5O2/c1-10-15-16(21-9-22-18(15)27-24-10)25-6-2-3-11(8-25)17(26)23-14-5-4-12(19)7-13(14)20/h4-5,7,9,11H,2-3,6,8H2,1H3,(H,23,26)/t11-/m1/s1. The minimum atomic E-state index is -0.469. The van der Waals surface area contributed by atoms with E-state index in [9.17, 15) is 9.18 Å². The monoisotopic (exact) mass is 433 g/mol. The largest absolute Gasteiger partial charge is 0.355 e. The average Bonchev–Trinajstić information content (AvgIpc) is 3.05. The van der Waals surface area contributed by atoms with Crippen LogP contribution in [0.15, 0.2) is 33.5 Å². The predicted molar refractivity (Wildman–Crippen MR) is 102 cm³/mol. The first-order valence-electron chi connectivity index (χ1n) is 8.61. The Labute approximate surface area is 163 Å². The van der Waals surface area contributed by atoms with Crippen LogP contribution < -0.4 is 10.2 Å². The number of amides is 1. The highest BCUT2D eigenvalue weighted by molar-refractivity contribution is 9.10. The van der Waals surface area contributed by atoms with Crippen LogP contribution in [0.25, 0.3) is 11.1 Å². The van der Waals surface area contributed by atoms with Crippen molar-refractivity contribution in [3.63, 3.8) is 0 Å². The molecule has 1 aromatic carbocycles. The Kier molecular flexibility index (Phi) is 4.77. The van der Waals surface area contributed by atoms with Gasteiger partial charge in [0.05, 0.1) is 17.3 Å². The Balaban J connectivity index is 1.54. The fourth-order valence-electron chi connectivity index (χ4n) is 3.35.